The lowest BCUT2D eigenvalue weighted by atomic mass is 9.75. The van der Waals surface area contributed by atoms with Crippen molar-refractivity contribution in [3.05, 3.63) is 0 Å². The second-order valence-electron chi connectivity index (χ2n) is 5.18. The van der Waals surface area contributed by atoms with Gasteiger partial charge in [0.2, 0.25) is 5.96 Å². The van der Waals surface area contributed by atoms with Gasteiger partial charge >= 0.3 is 0 Å². The number of hydrazine groups is 1. The maximum atomic E-state index is 5.53. The average molecular weight is 241 g/mol. The van der Waals surface area contributed by atoms with Crippen molar-refractivity contribution in [3.8, 4) is 0 Å². The highest BCUT2D eigenvalue weighted by atomic mass is 15.4. The molecule has 1 saturated carbocycles. The summed E-state index contributed by atoms with van der Waals surface area (Å²) in [4.78, 5) is 8.92. The van der Waals surface area contributed by atoms with Gasteiger partial charge in [-0.1, -0.05) is 6.92 Å². The molecule has 0 spiro atoms. The Kier molecular flexibility index (Phi) is 5.21. The highest BCUT2D eigenvalue weighted by Gasteiger charge is 2.40. The van der Waals surface area contributed by atoms with E-state index in [1.165, 1.54) is 19.3 Å². The molecule has 5 nitrogen and oxygen atoms in total. The van der Waals surface area contributed by atoms with Crippen LogP contribution >= 0.6 is 0 Å². The van der Waals surface area contributed by atoms with E-state index in [1.54, 1.807) is 0 Å². The Hall–Kier alpha value is -0.810. The monoisotopic (exact) mass is 241 g/mol. The zero-order valence-corrected chi connectivity index (χ0v) is 11.7. The molecular formula is C12H27N5. The molecule has 0 unspecified atom stereocenters. The fraction of sp³-hybridized carbons (Fsp3) is 0.917. The lowest BCUT2D eigenvalue weighted by Gasteiger charge is -2.49. The molecule has 0 aromatic rings. The Labute approximate surface area is 105 Å². The van der Waals surface area contributed by atoms with Crippen molar-refractivity contribution in [3.63, 3.8) is 0 Å². The van der Waals surface area contributed by atoms with E-state index < -0.39 is 0 Å². The van der Waals surface area contributed by atoms with Gasteiger partial charge in [-0.25, -0.2) is 5.84 Å². The van der Waals surface area contributed by atoms with Crippen LogP contribution in [0.3, 0.4) is 0 Å². The molecule has 3 N–H and O–H groups in total. The average Bonchev–Trinajstić information content (AvgIpc) is 2.24. The van der Waals surface area contributed by atoms with Crippen molar-refractivity contribution < 1.29 is 0 Å². The molecule has 0 aromatic carbocycles. The number of nitrogens with zero attached hydrogens (tertiary/aromatic N) is 3. The Morgan fingerprint density at radius 1 is 1.35 bits per heavy atom. The van der Waals surface area contributed by atoms with Crippen LogP contribution < -0.4 is 11.3 Å². The molecular weight excluding hydrogens is 214 g/mol. The molecule has 0 amide bonds. The van der Waals surface area contributed by atoms with Gasteiger partial charge in [0.15, 0.2) is 0 Å². The highest BCUT2D eigenvalue weighted by molar-refractivity contribution is 5.79. The third kappa shape index (κ3) is 3.33. The summed E-state index contributed by atoms with van der Waals surface area (Å²) < 4.78 is 0. The largest absolute Gasteiger partial charge is 0.343 e. The molecule has 100 valence electrons. The van der Waals surface area contributed by atoms with Gasteiger partial charge in [-0.2, -0.15) is 0 Å². The third-order valence-electron chi connectivity index (χ3n) is 3.74. The van der Waals surface area contributed by atoms with Gasteiger partial charge in [0, 0.05) is 25.7 Å². The molecule has 0 saturated heterocycles. The lowest BCUT2D eigenvalue weighted by molar-refractivity contribution is 0.0423. The minimum absolute atomic E-state index is 0.304. The summed E-state index contributed by atoms with van der Waals surface area (Å²) in [6, 6.07) is 0. The highest BCUT2D eigenvalue weighted by Crippen LogP contribution is 2.36. The van der Waals surface area contributed by atoms with Gasteiger partial charge in [-0.15, -0.1) is 0 Å². The standard InChI is InChI=1S/C12H27N5/c1-5-9-14-11(15-13)17(4)10-12(16(2)3)7-6-8-12/h5-10,13H2,1-4H3,(H,14,15). The number of aliphatic imine (C=N–C) groups is 1. The molecule has 0 aromatic heterocycles. The van der Waals surface area contributed by atoms with Crippen molar-refractivity contribution in [1.82, 2.24) is 15.2 Å². The summed E-state index contributed by atoms with van der Waals surface area (Å²) in [6.45, 7) is 3.91. The number of nitrogens with one attached hydrogen (secondary N) is 1. The zero-order valence-electron chi connectivity index (χ0n) is 11.7. The molecule has 1 aliphatic carbocycles. The molecule has 0 aliphatic heterocycles. The van der Waals surface area contributed by atoms with Gasteiger partial charge < -0.3 is 9.80 Å². The van der Waals surface area contributed by atoms with Gasteiger partial charge in [-0.3, -0.25) is 10.4 Å². The summed E-state index contributed by atoms with van der Waals surface area (Å²) in [5.41, 5.74) is 3.01. The summed E-state index contributed by atoms with van der Waals surface area (Å²) >= 11 is 0. The molecule has 0 atom stereocenters. The van der Waals surface area contributed by atoms with E-state index in [4.69, 9.17) is 5.84 Å². The zero-order chi connectivity index (χ0) is 12.9. The fourth-order valence-corrected chi connectivity index (χ4v) is 2.34. The number of nitrogens with two attached hydrogens (primary N) is 1. The van der Waals surface area contributed by atoms with E-state index in [2.05, 4.69) is 48.3 Å². The summed E-state index contributed by atoms with van der Waals surface area (Å²) in [6.07, 6.45) is 4.88. The predicted molar refractivity (Wildman–Crippen MR) is 72.8 cm³/mol. The Morgan fingerprint density at radius 3 is 2.35 bits per heavy atom. The number of hydrogen-bond donors (Lipinski definition) is 2. The maximum absolute atomic E-state index is 5.53. The maximum Gasteiger partial charge on any atom is 0.208 e. The van der Waals surface area contributed by atoms with E-state index in [0.29, 0.717) is 5.54 Å². The number of rotatable bonds is 5. The number of hydrogen-bond acceptors (Lipinski definition) is 3. The first kappa shape index (κ1) is 14.3. The molecule has 1 fully saturated rings. The molecule has 1 rings (SSSR count). The van der Waals surface area contributed by atoms with Crippen molar-refractivity contribution in [2.75, 3.05) is 34.2 Å². The topological polar surface area (TPSA) is 56.9 Å². The van der Waals surface area contributed by atoms with E-state index in [0.717, 1.165) is 25.5 Å². The van der Waals surface area contributed by atoms with Crippen LogP contribution in [0.5, 0.6) is 0 Å². The fourth-order valence-electron chi connectivity index (χ4n) is 2.34. The lowest BCUT2D eigenvalue weighted by Crippen LogP contribution is -2.59. The van der Waals surface area contributed by atoms with Gasteiger partial charge in [0.1, 0.15) is 0 Å². The summed E-state index contributed by atoms with van der Waals surface area (Å²) in [7, 11) is 6.37. The van der Waals surface area contributed by atoms with Gasteiger partial charge in [0.05, 0.1) is 0 Å². The Bertz CT molecular complexity index is 258. The van der Waals surface area contributed by atoms with Crippen LogP contribution in [0.4, 0.5) is 0 Å². The smallest absolute Gasteiger partial charge is 0.208 e. The van der Waals surface area contributed by atoms with E-state index in [9.17, 15) is 0 Å². The summed E-state index contributed by atoms with van der Waals surface area (Å²) in [5.74, 6) is 6.32. The summed E-state index contributed by atoms with van der Waals surface area (Å²) in [5, 5.41) is 0. The first-order valence-electron chi connectivity index (χ1n) is 6.45. The molecule has 1 aliphatic rings. The van der Waals surface area contributed by atoms with Crippen molar-refractivity contribution >= 4 is 5.96 Å². The van der Waals surface area contributed by atoms with E-state index in [1.807, 2.05) is 0 Å². The normalized spacial score (nSPS) is 19.1. The van der Waals surface area contributed by atoms with Crippen molar-refractivity contribution in [1.29, 1.82) is 0 Å². The van der Waals surface area contributed by atoms with Crippen LogP contribution in [0.1, 0.15) is 32.6 Å². The molecule has 0 bridgehead atoms. The SMILES string of the molecule is CCCN=C(NN)N(C)CC1(N(C)C)CCC1. The van der Waals surface area contributed by atoms with Crippen LogP contribution in [0.2, 0.25) is 0 Å². The van der Waals surface area contributed by atoms with Crippen LogP contribution in [-0.4, -0.2) is 55.5 Å². The van der Waals surface area contributed by atoms with Crippen LogP contribution in [-0.2, 0) is 0 Å². The van der Waals surface area contributed by atoms with Gasteiger partial charge in [0.25, 0.3) is 0 Å². The molecule has 17 heavy (non-hydrogen) atoms. The van der Waals surface area contributed by atoms with Crippen molar-refractivity contribution in [2.24, 2.45) is 10.8 Å². The van der Waals surface area contributed by atoms with E-state index >= 15 is 0 Å². The molecule has 0 heterocycles. The minimum Gasteiger partial charge on any atom is -0.343 e. The van der Waals surface area contributed by atoms with Crippen LogP contribution in [0, 0.1) is 0 Å². The first-order valence-corrected chi connectivity index (χ1v) is 6.45. The van der Waals surface area contributed by atoms with Crippen molar-refractivity contribution in [2.45, 2.75) is 38.1 Å². The quantitative estimate of drug-likeness (QED) is 0.321. The predicted octanol–water partition coefficient (Wildman–Crippen LogP) is 0.632. The molecule has 5 heteroatoms. The Morgan fingerprint density at radius 2 is 2.00 bits per heavy atom. The van der Waals surface area contributed by atoms with Crippen LogP contribution in [0.15, 0.2) is 4.99 Å². The number of guanidine groups is 1. The second-order valence-corrected chi connectivity index (χ2v) is 5.18. The number of likely N-dealkylation sites (N-methyl/N-ethyl adjacent to an activating group) is 2. The Balaban J connectivity index is 2.60. The first-order chi connectivity index (χ1) is 8.05. The van der Waals surface area contributed by atoms with Gasteiger partial charge in [-0.05, 0) is 39.8 Å². The third-order valence-corrected chi connectivity index (χ3v) is 3.74. The second kappa shape index (κ2) is 6.21. The van der Waals surface area contributed by atoms with E-state index in [-0.39, 0.29) is 0 Å². The molecule has 0 radical (unpaired) electrons. The van der Waals surface area contributed by atoms with Crippen LogP contribution in [0.25, 0.3) is 0 Å². The minimum atomic E-state index is 0.304.